The van der Waals surface area contributed by atoms with Gasteiger partial charge >= 0.3 is 5.97 Å². The van der Waals surface area contributed by atoms with Gasteiger partial charge in [-0.2, -0.15) is 0 Å². The zero-order valence-electron chi connectivity index (χ0n) is 27.5. The van der Waals surface area contributed by atoms with Crippen molar-refractivity contribution in [2.24, 2.45) is 44.6 Å². The maximum absolute atomic E-state index is 13.4. The van der Waals surface area contributed by atoms with Crippen LogP contribution in [0.3, 0.4) is 0 Å². The Bertz CT molecular complexity index is 1170. The van der Waals surface area contributed by atoms with Crippen molar-refractivity contribution in [3.05, 3.63) is 0 Å². The molecule has 5 atom stereocenters. The number of carbonyl (C=O) groups excluding carboxylic acids is 5. The SMILES string of the molecule is CC(C)C[C@H](NC(=O)[C@H](CO)NC(=O)[C@H](CCCN=C(N)N)NC(=O)[C@@H]1CCCN1C(=O)CN)C(=O)N[C@@H](CCCN=C(N)N)C(=O)O. The van der Waals surface area contributed by atoms with E-state index >= 15 is 0 Å². The summed E-state index contributed by atoms with van der Waals surface area (Å²) in [5, 5.41) is 29.5. The minimum atomic E-state index is -1.55. The average Bonchev–Trinajstić information content (AvgIpc) is 3.51. The van der Waals surface area contributed by atoms with Gasteiger partial charge in [0, 0.05) is 19.6 Å². The highest BCUT2D eigenvalue weighted by Crippen LogP contribution is 2.18. The van der Waals surface area contributed by atoms with E-state index in [1.165, 1.54) is 4.90 Å². The maximum atomic E-state index is 13.4. The summed E-state index contributed by atoms with van der Waals surface area (Å²) >= 11 is 0. The van der Waals surface area contributed by atoms with Crippen molar-refractivity contribution in [1.29, 1.82) is 0 Å². The molecule has 1 saturated heterocycles. The summed E-state index contributed by atoms with van der Waals surface area (Å²) in [6, 6.07) is -6.12. The quantitative estimate of drug-likeness (QED) is 0.0307. The Morgan fingerprint density at radius 1 is 0.792 bits per heavy atom. The minimum Gasteiger partial charge on any atom is -0.480 e. The lowest BCUT2D eigenvalue weighted by Crippen LogP contribution is -2.59. The summed E-state index contributed by atoms with van der Waals surface area (Å²) in [7, 11) is 0. The summed E-state index contributed by atoms with van der Waals surface area (Å²) in [5.74, 6) is -5.30. The number of carboxylic acids is 1. The first-order valence-electron chi connectivity index (χ1n) is 15.8. The number of carbonyl (C=O) groups is 6. The van der Waals surface area contributed by atoms with Crippen LogP contribution in [-0.2, 0) is 28.8 Å². The third-order valence-electron chi connectivity index (χ3n) is 7.34. The number of nitrogens with two attached hydrogens (primary N) is 5. The summed E-state index contributed by atoms with van der Waals surface area (Å²) in [6.07, 6.45) is 1.56. The molecule has 0 aromatic heterocycles. The third kappa shape index (κ3) is 14.8. The van der Waals surface area contributed by atoms with E-state index in [4.69, 9.17) is 28.7 Å². The van der Waals surface area contributed by atoms with Crippen LogP contribution in [0.2, 0.25) is 0 Å². The highest BCUT2D eigenvalue weighted by Gasteiger charge is 2.36. The lowest BCUT2D eigenvalue weighted by molar-refractivity contribution is -0.142. The molecule has 0 aromatic rings. The predicted octanol–water partition coefficient (Wildman–Crippen LogP) is -4.89. The molecule has 1 aliphatic rings. The van der Waals surface area contributed by atoms with Gasteiger partial charge < -0.3 is 65.0 Å². The molecule has 272 valence electrons. The summed E-state index contributed by atoms with van der Waals surface area (Å²) in [6.45, 7) is 3.02. The van der Waals surface area contributed by atoms with Gasteiger partial charge in [0.15, 0.2) is 11.9 Å². The molecule has 1 rings (SSSR count). The molecule has 1 heterocycles. The summed E-state index contributed by atoms with van der Waals surface area (Å²) in [5.41, 5.74) is 26.8. The Morgan fingerprint density at radius 3 is 1.79 bits per heavy atom. The molecule has 20 nitrogen and oxygen atoms in total. The number of carboxylic acid groups (broad SMARTS) is 1. The van der Waals surface area contributed by atoms with Gasteiger partial charge in [-0.15, -0.1) is 0 Å². The fraction of sp³-hybridized carbons (Fsp3) is 0.714. The molecule has 16 N–H and O–H groups in total. The van der Waals surface area contributed by atoms with E-state index in [1.807, 2.05) is 0 Å². The number of aliphatic hydroxyl groups excluding tert-OH is 1. The number of amides is 5. The third-order valence-corrected chi connectivity index (χ3v) is 7.34. The molecular weight excluding hydrogens is 632 g/mol. The number of nitrogens with zero attached hydrogens (tertiary/aromatic N) is 3. The molecule has 0 bridgehead atoms. The fourth-order valence-corrected chi connectivity index (χ4v) is 4.97. The van der Waals surface area contributed by atoms with Gasteiger partial charge in [-0.3, -0.25) is 34.0 Å². The van der Waals surface area contributed by atoms with Crippen LogP contribution in [0.5, 0.6) is 0 Å². The van der Waals surface area contributed by atoms with Crippen molar-refractivity contribution in [2.75, 3.05) is 32.8 Å². The van der Waals surface area contributed by atoms with Crippen LogP contribution in [0.15, 0.2) is 9.98 Å². The second-order valence-electron chi connectivity index (χ2n) is 11.7. The van der Waals surface area contributed by atoms with E-state index in [0.29, 0.717) is 19.4 Å². The van der Waals surface area contributed by atoms with Crippen molar-refractivity contribution < 1.29 is 39.0 Å². The highest BCUT2D eigenvalue weighted by molar-refractivity contribution is 5.96. The number of hydrogen-bond donors (Lipinski definition) is 11. The molecule has 1 aliphatic heterocycles. The normalized spacial score (nSPS) is 16.5. The zero-order valence-corrected chi connectivity index (χ0v) is 27.5. The number of guanidine groups is 2. The first-order valence-corrected chi connectivity index (χ1v) is 15.8. The van der Waals surface area contributed by atoms with Crippen LogP contribution in [0.1, 0.15) is 58.8 Å². The van der Waals surface area contributed by atoms with E-state index in [9.17, 15) is 39.0 Å². The zero-order chi connectivity index (χ0) is 36.4. The van der Waals surface area contributed by atoms with Crippen LogP contribution >= 0.6 is 0 Å². The van der Waals surface area contributed by atoms with Crippen molar-refractivity contribution in [2.45, 2.75) is 89.0 Å². The van der Waals surface area contributed by atoms with Crippen molar-refractivity contribution in [3.8, 4) is 0 Å². The molecule has 20 heteroatoms. The van der Waals surface area contributed by atoms with Gasteiger partial charge in [0.2, 0.25) is 29.5 Å². The van der Waals surface area contributed by atoms with Crippen molar-refractivity contribution in [3.63, 3.8) is 0 Å². The van der Waals surface area contributed by atoms with Gasteiger partial charge in [-0.05, 0) is 50.9 Å². The largest absolute Gasteiger partial charge is 0.480 e. The molecular formula is C28H52N12O8. The van der Waals surface area contributed by atoms with Gasteiger partial charge in [-0.25, -0.2) is 4.79 Å². The number of likely N-dealkylation sites (tertiary alicyclic amines) is 1. The molecule has 0 spiro atoms. The van der Waals surface area contributed by atoms with Gasteiger partial charge in [0.05, 0.1) is 13.2 Å². The monoisotopic (exact) mass is 684 g/mol. The first-order chi connectivity index (χ1) is 22.6. The van der Waals surface area contributed by atoms with E-state index in [1.54, 1.807) is 13.8 Å². The lowest BCUT2D eigenvalue weighted by Gasteiger charge is -2.28. The van der Waals surface area contributed by atoms with Crippen LogP contribution in [0.25, 0.3) is 0 Å². The highest BCUT2D eigenvalue weighted by atomic mass is 16.4. The Hall–Kier alpha value is -4.72. The topological polar surface area (TPSA) is 349 Å². The summed E-state index contributed by atoms with van der Waals surface area (Å²) < 4.78 is 0. The number of rotatable bonds is 21. The molecule has 48 heavy (non-hydrogen) atoms. The Balaban J connectivity index is 3.06. The van der Waals surface area contributed by atoms with Crippen molar-refractivity contribution >= 4 is 47.4 Å². The molecule has 0 aromatic carbocycles. The van der Waals surface area contributed by atoms with Gasteiger partial charge in [0.25, 0.3) is 0 Å². The minimum absolute atomic E-state index is 0.00478. The van der Waals surface area contributed by atoms with Crippen LogP contribution in [0.4, 0.5) is 0 Å². The molecule has 1 fully saturated rings. The van der Waals surface area contributed by atoms with E-state index < -0.39 is 72.3 Å². The molecule has 0 unspecified atom stereocenters. The van der Waals surface area contributed by atoms with Crippen LogP contribution in [0, 0.1) is 5.92 Å². The first kappa shape index (κ1) is 41.3. The average molecular weight is 685 g/mol. The second kappa shape index (κ2) is 21.2. The number of nitrogens with one attached hydrogen (secondary N) is 4. The Morgan fingerprint density at radius 2 is 1.29 bits per heavy atom. The van der Waals surface area contributed by atoms with Crippen LogP contribution in [-0.4, -0.2) is 126 Å². The number of hydrogen-bond acceptors (Lipinski definition) is 10. The molecule has 0 radical (unpaired) electrons. The standard InChI is InChI=1S/C28H52N12O8/c1-15(2)12-18(23(44)37-17(26(47)48)7-4-10-35-28(32)33)38-24(45)19(14-41)39-22(43)16(6-3-9-34-27(30)31)36-25(46)20-8-5-11-40(20)21(42)13-29/h15-20,41H,3-14,29H2,1-2H3,(H,36,46)(H,37,44)(H,38,45)(H,39,43)(H,47,48)(H4,30,31,34)(H4,32,33,35)/t16-,17-,18-,19-,20-/m0/s1. The second-order valence-corrected chi connectivity index (χ2v) is 11.7. The smallest absolute Gasteiger partial charge is 0.326 e. The maximum Gasteiger partial charge on any atom is 0.326 e. The predicted molar refractivity (Wildman–Crippen MR) is 176 cm³/mol. The van der Waals surface area contributed by atoms with E-state index in [0.717, 1.165) is 0 Å². The molecule has 5 amide bonds. The van der Waals surface area contributed by atoms with Crippen LogP contribution < -0.4 is 49.9 Å². The van der Waals surface area contributed by atoms with E-state index in [-0.39, 0.29) is 69.6 Å². The van der Waals surface area contributed by atoms with Gasteiger partial charge in [-0.1, -0.05) is 13.8 Å². The van der Waals surface area contributed by atoms with Crippen molar-refractivity contribution in [1.82, 2.24) is 26.2 Å². The summed E-state index contributed by atoms with van der Waals surface area (Å²) in [4.78, 5) is 85.9. The number of aliphatic carboxylic acids is 1. The van der Waals surface area contributed by atoms with E-state index in [2.05, 4.69) is 31.3 Å². The fourth-order valence-electron chi connectivity index (χ4n) is 4.97. The Kier molecular flexibility index (Phi) is 18.3. The molecule has 0 aliphatic carbocycles. The molecule has 0 saturated carbocycles. The lowest BCUT2D eigenvalue weighted by atomic mass is 10.0. The number of aliphatic hydroxyl groups is 1. The number of aliphatic imine (C=N–C) groups is 2. The van der Waals surface area contributed by atoms with Gasteiger partial charge in [0.1, 0.15) is 30.2 Å². The Labute approximate surface area is 279 Å².